The fourth-order valence-electron chi connectivity index (χ4n) is 1.47. The molecule has 0 aliphatic rings. The zero-order valence-corrected chi connectivity index (χ0v) is 15.2. The molecule has 0 spiro atoms. The van der Waals surface area contributed by atoms with E-state index in [1.54, 1.807) is 11.3 Å². The van der Waals surface area contributed by atoms with E-state index in [1.165, 1.54) is 17.8 Å². The summed E-state index contributed by atoms with van der Waals surface area (Å²) in [7, 11) is 0. The molecule has 6 heteroatoms. The summed E-state index contributed by atoms with van der Waals surface area (Å²) in [5, 5.41) is 9.85. The van der Waals surface area contributed by atoms with Crippen LogP contribution in [0.3, 0.4) is 0 Å². The van der Waals surface area contributed by atoms with Crippen LogP contribution in [0.1, 0.15) is 44.3 Å². The molecule has 0 fully saturated rings. The molecule has 1 heterocycles. The Hall–Kier alpha value is -0.370. The molecule has 1 rings (SSSR count). The maximum Gasteiger partial charge on any atom is 0.191 e. The fourth-order valence-corrected chi connectivity index (χ4v) is 2.21. The Kier molecular flexibility index (Phi) is 11.2. The average Bonchev–Trinajstić information content (AvgIpc) is 2.84. The Morgan fingerprint density at radius 3 is 2.68 bits per heavy atom. The van der Waals surface area contributed by atoms with Gasteiger partial charge in [0.2, 0.25) is 0 Å². The first-order valence-corrected chi connectivity index (χ1v) is 7.63. The highest BCUT2D eigenvalue weighted by molar-refractivity contribution is 14.0. The molecule has 0 amide bonds. The molecule has 1 aromatic rings. The van der Waals surface area contributed by atoms with Gasteiger partial charge in [-0.15, -0.1) is 35.3 Å². The molecule has 0 saturated heterocycles. The van der Waals surface area contributed by atoms with E-state index >= 15 is 0 Å². The standard InChI is InChI=1S/C13H24N4S.HI/c1-4-7-8-15-13(14-6-3)16-9-11-10-18-12(5-2)17-11;/h10H,4-9H2,1-3H3,(H2,14,15,16);1H. The summed E-state index contributed by atoms with van der Waals surface area (Å²) in [6.45, 7) is 8.90. The van der Waals surface area contributed by atoms with Crippen molar-refractivity contribution in [2.45, 2.75) is 46.6 Å². The van der Waals surface area contributed by atoms with E-state index in [1.807, 2.05) is 0 Å². The van der Waals surface area contributed by atoms with Gasteiger partial charge in [-0.1, -0.05) is 20.3 Å². The highest BCUT2D eigenvalue weighted by Crippen LogP contribution is 2.10. The predicted octanol–water partition coefficient (Wildman–Crippen LogP) is 3.18. The van der Waals surface area contributed by atoms with Crippen LogP contribution in [0.15, 0.2) is 10.4 Å². The SMILES string of the molecule is CCCCNC(=NCc1csc(CC)n1)NCC.I. The third-order valence-corrected chi connectivity index (χ3v) is 3.51. The number of hydrogen-bond donors (Lipinski definition) is 2. The molecule has 0 saturated carbocycles. The summed E-state index contributed by atoms with van der Waals surface area (Å²) in [5.41, 5.74) is 1.06. The van der Waals surface area contributed by atoms with Crippen LogP contribution >= 0.6 is 35.3 Å². The molecule has 1 aromatic heterocycles. The van der Waals surface area contributed by atoms with Crippen molar-refractivity contribution in [2.75, 3.05) is 13.1 Å². The minimum atomic E-state index is 0. The van der Waals surface area contributed by atoms with E-state index in [-0.39, 0.29) is 24.0 Å². The summed E-state index contributed by atoms with van der Waals surface area (Å²) >= 11 is 1.71. The molecule has 2 N–H and O–H groups in total. The summed E-state index contributed by atoms with van der Waals surface area (Å²) in [6.07, 6.45) is 3.36. The third-order valence-electron chi connectivity index (χ3n) is 2.47. The van der Waals surface area contributed by atoms with E-state index in [9.17, 15) is 0 Å². The molecule has 0 radical (unpaired) electrons. The lowest BCUT2D eigenvalue weighted by molar-refractivity contribution is 0.729. The largest absolute Gasteiger partial charge is 0.357 e. The van der Waals surface area contributed by atoms with Crippen LogP contribution in [0.25, 0.3) is 0 Å². The fraction of sp³-hybridized carbons (Fsp3) is 0.692. The molecule has 4 nitrogen and oxygen atoms in total. The second-order valence-corrected chi connectivity index (χ2v) is 5.00. The molecular formula is C13H25IN4S. The maximum atomic E-state index is 4.54. The summed E-state index contributed by atoms with van der Waals surface area (Å²) in [6, 6.07) is 0. The number of aliphatic imine (C=N–C) groups is 1. The van der Waals surface area contributed by atoms with Gasteiger partial charge in [0.05, 0.1) is 17.2 Å². The Morgan fingerprint density at radius 2 is 2.11 bits per heavy atom. The van der Waals surface area contributed by atoms with Crippen LogP contribution in [0, 0.1) is 0 Å². The van der Waals surface area contributed by atoms with Crippen molar-refractivity contribution in [1.82, 2.24) is 15.6 Å². The van der Waals surface area contributed by atoms with Crippen molar-refractivity contribution in [3.05, 3.63) is 16.1 Å². The molecule has 0 unspecified atom stereocenters. The van der Waals surface area contributed by atoms with E-state index in [2.05, 4.69) is 46.8 Å². The lowest BCUT2D eigenvalue weighted by atomic mass is 10.3. The first-order chi connectivity index (χ1) is 8.80. The van der Waals surface area contributed by atoms with E-state index in [4.69, 9.17) is 0 Å². The van der Waals surface area contributed by atoms with Crippen LogP contribution in [0.2, 0.25) is 0 Å². The summed E-state index contributed by atoms with van der Waals surface area (Å²) in [4.78, 5) is 9.05. The quantitative estimate of drug-likeness (QED) is 0.322. The van der Waals surface area contributed by atoms with Gasteiger partial charge in [0, 0.05) is 18.5 Å². The third kappa shape index (κ3) is 7.71. The maximum absolute atomic E-state index is 4.54. The number of nitrogens with one attached hydrogen (secondary N) is 2. The number of nitrogens with zero attached hydrogens (tertiary/aromatic N) is 2. The van der Waals surface area contributed by atoms with Gasteiger partial charge in [-0.3, -0.25) is 0 Å². The molecule has 0 atom stereocenters. The Labute approximate surface area is 137 Å². The normalized spacial score (nSPS) is 11.0. The van der Waals surface area contributed by atoms with E-state index < -0.39 is 0 Å². The molecule has 0 aliphatic heterocycles. The highest BCUT2D eigenvalue weighted by Gasteiger charge is 2.00. The number of guanidine groups is 1. The zero-order chi connectivity index (χ0) is 13.2. The Balaban J connectivity index is 0.00000324. The second kappa shape index (κ2) is 11.5. The van der Waals surface area contributed by atoms with Crippen LogP contribution < -0.4 is 10.6 Å². The second-order valence-electron chi connectivity index (χ2n) is 4.06. The zero-order valence-electron chi connectivity index (χ0n) is 12.0. The van der Waals surface area contributed by atoms with Crippen LogP contribution in [-0.4, -0.2) is 24.0 Å². The van der Waals surface area contributed by atoms with Crippen molar-refractivity contribution in [3.8, 4) is 0 Å². The number of rotatable bonds is 7. The van der Waals surface area contributed by atoms with Gasteiger partial charge < -0.3 is 10.6 Å². The topological polar surface area (TPSA) is 49.3 Å². The van der Waals surface area contributed by atoms with Gasteiger partial charge in [0.15, 0.2) is 5.96 Å². The van der Waals surface area contributed by atoms with Crippen molar-refractivity contribution in [2.24, 2.45) is 4.99 Å². The highest BCUT2D eigenvalue weighted by atomic mass is 127. The molecule has 0 bridgehead atoms. The van der Waals surface area contributed by atoms with Crippen molar-refractivity contribution in [3.63, 3.8) is 0 Å². The first-order valence-electron chi connectivity index (χ1n) is 6.75. The number of halogens is 1. The van der Waals surface area contributed by atoms with E-state index in [0.29, 0.717) is 6.54 Å². The van der Waals surface area contributed by atoms with Gasteiger partial charge in [-0.2, -0.15) is 0 Å². The molecule has 0 aliphatic carbocycles. The number of unbranched alkanes of at least 4 members (excludes halogenated alkanes) is 1. The van der Waals surface area contributed by atoms with Gasteiger partial charge in [-0.05, 0) is 19.8 Å². The molecule has 0 aromatic carbocycles. The van der Waals surface area contributed by atoms with E-state index in [0.717, 1.165) is 31.2 Å². The van der Waals surface area contributed by atoms with Crippen molar-refractivity contribution >= 4 is 41.3 Å². The summed E-state index contributed by atoms with van der Waals surface area (Å²) < 4.78 is 0. The number of aromatic nitrogens is 1. The lowest BCUT2D eigenvalue weighted by Gasteiger charge is -2.10. The smallest absolute Gasteiger partial charge is 0.191 e. The molecular weight excluding hydrogens is 371 g/mol. The Bertz CT molecular complexity index is 365. The van der Waals surface area contributed by atoms with Crippen molar-refractivity contribution < 1.29 is 0 Å². The predicted molar refractivity (Wildman–Crippen MR) is 94.6 cm³/mol. The summed E-state index contributed by atoms with van der Waals surface area (Å²) in [5.74, 6) is 0.886. The van der Waals surface area contributed by atoms with Gasteiger partial charge in [0.1, 0.15) is 0 Å². The molecule has 110 valence electrons. The van der Waals surface area contributed by atoms with Gasteiger partial charge in [0.25, 0.3) is 0 Å². The minimum Gasteiger partial charge on any atom is -0.357 e. The van der Waals surface area contributed by atoms with Crippen LogP contribution in [0.5, 0.6) is 0 Å². The number of thiazole rings is 1. The lowest BCUT2D eigenvalue weighted by Crippen LogP contribution is -2.37. The molecule has 19 heavy (non-hydrogen) atoms. The van der Waals surface area contributed by atoms with Gasteiger partial charge in [-0.25, -0.2) is 9.98 Å². The van der Waals surface area contributed by atoms with Gasteiger partial charge >= 0.3 is 0 Å². The number of aryl methyl sites for hydroxylation is 1. The van der Waals surface area contributed by atoms with Crippen molar-refractivity contribution in [1.29, 1.82) is 0 Å². The average molecular weight is 396 g/mol. The van der Waals surface area contributed by atoms with Crippen LogP contribution in [0.4, 0.5) is 0 Å². The monoisotopic (exact) mass is 396 g/mol. The first kappa shape index (κ1) is 18.6. The minimum absolute atomic E-state index is 0. The Morgan fingerprint density at radius 1 is 1.32 bits per heavy atom. The van der Waals surface area contributed by atoms with Crippen LogP contribution in [-0.2, 0) is 13.0 Å². The number of hydrogen-bond acceptors (Lipinski definition) is 3.